The lowest BCUT2D eigenvalue weighted by Crippen LogP contribution is -1.79. The lowest BCUT2D eigenvalue weighted by atomic mass is 10.1. The molecular weight excluding hydrogens is 208 g/mol. The number of nitriles is 1. The zero-order chi connectivity index (χ0) is 10.8. The highest BCUT2D eigenvalue weighted by atomic mass is 32.1. The zero-order valence-electron chi connectivity index (χ0n) is 8.06. The lowest BCUT2D eigenvalue weighted by Gasteiger charge is -1.95. The number of aromatic nitrogens is 1. The maximum absolute atomic E-state index is 8.70. The number of benzene rings is 1. The smallest absolute Gasteiger partial charge is 0.228 e. The van der Waals surface area contributed by atoms with Crippen molar-refractivity contribution in [3.63, 3.8) is 0 Å². The molecule has 0 radical (unpaired) electrons. The second-order valence-electron chi connectivity index (χ2n) is 3.15. The topological polar surface area (TPSA) is 49.8 Å². The normalized spacial score (nSPS) is 9.93. The number of oxazole rings is 1. The van der Waals surface area contributed by atoms with E-state index in [2.05, 4.69) is 17.6 Å². The van der Waals surface area contributed by atoms with Gasteiger partial charge in [0.05, 0.1) is 0 Å². The van der Waals surface area contributed by atoms with Crippen molar-refractivity contribution in [3.8, 4) is 17.5 Å². The minimum atomic E-state index is 0.217. The van der Waals surface area contributed by atoms with Crippen LogP contribution in [0.2, 0.25) is 0 Å². The Morgan fingerprint density at radius 1 is 1.33 bits per heavy atom. The van der Waals surface area contributed by atoms with Gasteiger partial charge in [-0.3, -0.25) is 0 Å². The number of hydrogen-bond donors (Lipinski definition) is 1. The average Bonchev–Trinajstić information content (AvgIpc) is 2.61. The molecule has 0 N–H and O–H groups in total. The monoisotopic (exact) mass is 216 g/mol. The Labute approximate surface area is 92.8 Å². The Morgan fingerprint density at radius 2 is 2.00 bits per heavy atom. The molecule has 0 fully saturated rings. The van der Waals surface area contributed by atoms with E-state index in [1.165, 1.54) is 0 Å². The first-order valence-corrected chi connectivity index (χ1v) is 4.82. The first kappa shape index (κ1) is 9.81. The number of thiol groups is 1. The van der Waals surface area contributed by atoms with Crippen LogP contribution in [0.15, 0.2) is 33.8 Å². The molecule has 0 spiro atoms. The highest BCUT2D eigenvalue weighted by Gasteiger charge is 2.10. The average molecular weight is 216 g/mol. The van der Waals surface area contributed by atoms with Crippen LogP contribution in [0.4, 0.5) is 0 Å². The first-order chi connectivity index (χ1) is 7.20. The standard InChI is InChI=1S/C11H8N2OS/c1-7-2-4-8(5-3-7)10-13-9(6-12)11(15)14-10/h2-5,15H,1H3. The minimum absolute atomic E-state index is 0.217. The van der Waals surface area contributed by atoms with Crippen molar-refractivity contribution < 1.29 is 4.42 Å². The molecule has 1 heterocycles. The molecule has 3 nitrogen and oxygen atoms in total. The fourth-order valence-corrected chi connectivity index (χ4v) is 1.39. The van der Waals surface area contributed by atoms with Crippen LogP contribution in [0.3, 0.4) is 0 Å². The Kier molecular flexibility index (Phi) is 2.48. The third-order valence-corrected chi connectivity index (χ3v) is 2.32. The van der Waals surface area contributed by atoms with Crippen LogP contribution in [0.25, 0.3) is 11.5 Å². The summed E-state index contributed by atoms with van der Waals surface area (Å²) in [6.45, 7) is 2.00. The molecule has 4 heteroatoms. The molecule has 15 heavy (non-hydrogen) atoms. The SMILES string of the molecule is Cc1ccc(-c2nc(C#N)c(S)o2)cc1. The largest absolute Gasteiger partial charge is 0.429 e. The molecule has 0 aliphatic carbocycles. The van der Waals surface area contributed by atoms with Crippen molar-refractivity contribution in [1.29, 1.82) is 5.26 Å². The molecule has 0 amide bonds. The molecule has 0 unspecified atom stereocenters. The molecule has 0 atom stereocenters. The molecule has 2 rings (SSSR count). The molecule has 74 valence electrons. The Hall–Kier alpha value is -1.73. The Morgan fingerprint density at radius 3 is 2.53 bits per heavy atom. The van der Waals surface area contributed by atoms with Gasteiger partial charge in [-0.15, -0.1) is 12.6 Å². The van der Waals surface area contributed by atoms with Crippen LogP contribution < -0.4 is 0 Å². The summed E-state index contributed by atoms with van der Waals surface area (Å²) in [5.74, 6) is 0.427. The highest BCUT2D eigenvalue weighted by Crippen LogP contribution is 2.23. The molecule has 0 saturated heterocycles. The molecule has 0 bridgehead atoms. The fraction of sp³-hybridized carbons (Fsp3) is 0.0909. The van der Waals surface area contributed by atoms with Gasteiger partial charge in [-0.2, -0.15) is 10.2 Å². The van der Waals surface area contributed by atoms with Crippen LogP contribution in [0, 0.1) is 18.3 Å². The number of aryl methyl sites for hydroxylation is 1. The van der Waals surface area contributed by atoms with Crippen LogP contribution in [-0.2, 0) is 0 Å². The summed E-state index contributed by atoms with van der Waals surface area (Å²) in [4.78, 5) is 4.02. The number of nitrogens with zero attached hydrogens (tertiary/aromatic N) is 2. The van der Waals surface area contributed by atoms with Gasteiger partial charge in [-0.05, 0) is 19.1 Å². The quantitative estimate of drug-likeness (QED) is 0.746. The van der Waals surface area contributed by atoms with E-state index in [1.807, 2.05) is 37.3 Å². The van der Waals surface area contributed by atoms with E-state index < -0.39 is 0 Å². The van der Waals surface area contributed by atoms with Crippen molar-refractivity contribution in [3.05, 3.63) is 35.5 Å². The van der Waals surface area contributed by atoms with Crippen LogP contribution in [0.5, 0.6) is 0 Å². The summed E-state index contributed by atoms with van der Waals surface area (Å²) in [5, 5.41) is 8.96. The zero-order valence-corrected chi connectivity index (χ0v) is 8.95. The summed E-state index contributed by atoms with van der Waals surface area (Å²) in [7, 11) is 0. The van der Waals surface area contributed by atoms with E-state index in [0.717, 1.165) is 11.1 Å². The predicted octanol–water partition coefficient (Wildman–Crippen LogP) is 2.81. The maximum atomic E-state index is 8.70. The van der Waals surface area contributed by atoms with Crippen LogP contribution in [-0.4, -0.2) is 4.98 Å². The molecule has 0 saturated carbocycles. The molecule has 0 aliphatic rings. The molecule has 0 aliphatic heterocycles. The second kappa shape index (κ2) is 3.79. The summed E-state index contributed by atoms with van der Waals surface area (Å²) < 4.78 is 5.26. The summed E-state index contributed by atoms with van der Waals surface area (Å²) >= 11 is 4.02. The summed E-state index contributed by atoms with van der Waals surface area (Å²) in [6.07, 6.45) is 0. The molecule has 1 aromatic carbocycles. The van der Waals surface area contributed by atoms with Crippen molar-refractivity contribution >= 4 is 12.6 Å². The fourth-order valence-electron chi connectivity index (χ4n) is 1.20. The third-order valence-electron chi connectivity index (χ3n) is 2.01. The van der Waals surface area contributed by atoms with Gasteiger partial charge >= 0.3 is 0 Å². The van der Waals surface area contributed by atoms with E-state index in [4.69, 9.17) is 9.68 Å². The van der Waals surface area contributed by atoms with Crippen molar-refractivity contribution in [1.82, 2.24) is 4.98 Å². The number of rotatable bonds is 1. The van der Waals surface area contributed by atoms with Gasteiger partial charge in [0, 0.05) is 5.56 Å². The van der Waals surface area contributed by atoms with Crippen molar-refractivity contribution in [2.75, 3.05) is 0 Å². The van der Waals surface area contributed by atoms with E-state index >= 15 is 0 Å². The molecule has 2 aromatic rings. The Bertz CT molecular complexity index is 523. The van der Waals surface area contributed by atoms with E-state index in [0.29, 0.717) is 5.89 Å². The van der Waals surface area contributed by atoms with Gasteiger partial charge < -0.3 is 4.42 Å². The van der Waals surface area contributed by atoms with Crippen LogP contribution in [0.1, 0.15) is 11.3 Å². The predicted molar refractivity (Wildman–Crippen MR) is 58.6 cm³/mol. The van der Waals surface area contributed by atoms with Crippen molar-refractivity contribution in [2.24, 2.45) is 0 Å². The van der Waals surface area contributed by atoms with Crippen LogP contribution >= 0.6 is 12.6 Å². The van der Waals surface area contributed by atoms with Gasteiger partial charge in [0.25, 0.3) is 0 Å². The Balaban J connectivity index is 2.46. The summed E-state index contributed by atoms with van der Waals surface area (Å²) in [5.41, 5.74) is 2.23. The van der Waals surface area contributed by atoms with E-state index in [1.54, 1.807) is 0 Å². The lowest BCUT2D eigenvalue weighted by molar-refractivity contribution is 0.485. The van der Waals surface area contributed by atoms with Gasteiger partial charge in [0.15, 0.2) is 10.8 Å². The first-order valence-electron chi connectivity index (χ1n) is 4.37. The highest BCUT2D eigenvalue weighted by molar-refractivity contribution is 7.80. The van der Waals surface area contributed by atoms with Gasteiger partial charge in [0.2, 0.25) is 5.89 Å². The van der Waals surface area contributed by atoms with E-state index in [-0.39, 0.29) is 10.8 Å². The maximum Gasteiger partial charge on any atom is 0.228 e. The third kappa shape index (κ3) is 1.88. The van der Waals surface area contributed by atoms with Crippen molar-refractivity contribution in [2.45, 2.75) is 12.0 Å². The second-order valence-corrected chi connectivity index (χ2v) is 3.56. The summed E-state index contributed by atoms with van der Waals surface area (Å²) in [6, 6.07) is 9.64. The molecular formula is C11H8N2OS. The van der Waals surface area contributed by atoms with E-state index in [9.17, 15) is 0 Å². The van der Waals surface area contributed by atoms with Gasteiger partial charge in [-0.25, -0.2) is 0 Å². The minimum Gasteiger partial charge on any atom is -0.429 e. The molecule has 1 aromatic heterocycles. The van der Waals surface area contributed by atoms with Gasteiger partial charge in [0.1, 0.15) is 6.07 Å². The number of hydrogen-bond acceptors (Lipinski definition) is 4. The van der Waals surface area contributed by atoms with Gasteiger partial charge in [-0.1, -0.05) is 17.7 Å².